The number of aryl methyl sites for hydroxylation is 1. The maximum atomic E-state index is 11.3. The highest BCUT2D eigenvalue weighted by Gasteiger charge is 2.32. The largest absolute Gasteiger partial charge is 0.493 e. The van der Waals surface area contributed by atoms with Gasteiger partial charge in [0.2, 0.25) is 10.0 Å². The SMILES string of the molecule is CS(=O)(=O)NC1CC(COc2ccc3c(c2)CCC3c2cc(Cl)c(OCCCl)c(C#N)c2)C1. The zero-order chi connectivity index (χ0) is 23.6. The van der Waals surface area contributed by atoms with Crippen LogP contribution in [0.3, 0.4) is 0 Å². The fourth-order valence-electron chi connectivity index (χ4n) is 4.70. The van der Waals surface area contributed by atoms with Gasteiger partial charge in [-0.05, 0) is 72.6 Å². The van der Waals surface area contributed by atoms with Gasteiger partial charge in [-0.1, -0.05) is 17.7 Å². The number of nitrogens with zero attached hydrogens (tertiary/aromatic N) is 1. The number of benzene rings is 2. The molecule has 1 fully saturated rings. The maximum absolute atomic E-state index is 11.3. The van der Waals surface area contributed by atoms with Gasteiger partial charge in [0.25, 0.3) is 0 Å². The van der Waals surface area contributed by atoms with Crippen LogP contribution >= 0.6 is 23.2 Å². The summed E-state index contributed by atoms with van der Waals surface area (Å²) in [5.74, 6) is 2.05. The van der Waals surface area contributed by atoms with Gasteiger partial charge < -0.3 is 9.47 Å². The lowest BCUT2D eigenvalue weighted by molar-refractivity contribution is 0.152. The third-order valence-corrected chi connectivity index (χ3v) is 7.40. The number of fused-ring (bicyclic) bond motifs is 1. The average molecular weight is 509 g/mol. The van der Waals surface area contributed by atoms with E-state index in [4.69, 9.17) is 32.7 Å². The molecule has 2 aromatic carbocycles. The summed E-state index contributed by atoms with van der Waals surface area (Å²) < 4.78 is 36.8. The van der Waals surface area contributed by atoms with Gasteiger partial charge in [0, 0.05) is 12.0 Å². The van der Waals surface area contributed by atoms with Crippen molar-refractivity contribution < 1.29 is 17.9 Å². The second-order valence-corrected chi connectivity index (χ2v) is 11.3. The van der Waals surface area contributed by atoms with Gasteiger partial charge in [0.1, 0.15) is 18.4 Å². The van der Waals surface area contributed by atoms with Crippen molar-refractivity contribution in [2.75, 3.05) is 25.3 Å². The van der Waals surface area contributed by atoms with Crippen molar-refractivity contribution in [3.63, 3.8) is 0 Å². The summed E-state index contributed by atoms with van der Waals surface area (Å²) in [5.41, 5.74) is 3.87. The molecule has 176 valence electrons. The predicted molar refractivity (Wildman–Crippen MR) is 129 cm³/mol. The van der Waals surface area contributed by atoms with Crippen LogP contribution in [0, 0.1) is 17.2 Å². The minimum absolute atomic E-state index is 0.0197. The van der Waals surface area contributed by atoms with E-state index in [1.165, 1.54) is 17.4 Å². The molecule has 2 aromatic rings. The van der Waals surface area contributed by atoms with Crippen LogP contribution in [0.5, 0.6) is 11.5 Å². The van der Waals surface area contributed by atoms with Crippen LogP contribution in [-0.4, -0.2) is 39.8 Å². The summed E-state index contributed by atoms with van der Waals surface area (Å²) in [6.07, 6.45) is 4.64. The monoisotopic (exact) mass is 508 g/mol. The maximum Gasteiger partial charge on any atom is 0.208 e. The lowest BCUT2D eigenvalue weighted by atomic mass is 9.81. The molecule has 2 aliphatic carbocycles. The highest BCUT2D eigenvalue weighted by atomic mass is 35.5. The number of ether oxygens (including phenoxy) is 2. The van der Waals surface area contributed by atoms with Crippen molar-refractivity contribution in [1.82, 2.24) is 4.72 Å². The molecule has 0 heterocycles. The average Bonchev–Trinajstić information content (AvgIpc) is 3.16. The first kappa shape index (κ1) is 24.2. The number of nitriles is 1. The second kappa shape index (κ2) is 10.1. The molecular formula is C24H26Cl2N2O4S. The van der Waals surface area contributed by atoms with Crippen LogP contribution in [-0.2, 0) is 16.4 Å². The number of sulfonamides is 1. The van der Waals surface area contributed by atoms with Gasteiger partial charge >= 0.3 is 0 Å². The Hall–Kier alpha value is -1.98. The third-order valence-electron chi connectivity index (χ3n) is 6.21. The summed E-state index contributed by atoms with van der Waals surface area (Å²) in [6.45, 7) is 0.870. The van der Waals surface area contributed by atoms with Crippen molar-refractivity contribution in [3.05, 3.63) is 57.6 Å². The van der Waals surface area contributed by atoms with Gasteiger partial charge in [0.15, 0.2) is 5.75 Å². The summed E-state index contributed by atoms with van der Waals surface area (Å²) in [6, 6.07) is 12.1. The van der Waals surface area contributed by atoms with Crippen LogP contribution in [0.1, 0.15) is 47.4 Å². The molecule has 1 N–H and O–H groups in total. The minimum atomic E-state index is -3.15. The van der Waals surface area contributed by atoms with Crippen LogP contribution in [0.4, 0.5) is 0 Å². The van der Waals surface area contributed by atoms with E-state index < -0.39 is 10.0 Å². The molecule has 9 heteroatoms. The summed E-state index contributed by atoms with van der Waals surface area (Å²) in [4.78, 5) is 0. The number of halogens is 2. The number of hydrogen-bond acceptors (Lipinski definition) is 5. The first-order valence-corrected chi connectivity index (χ1v) is 13.7. The first-order valence-electron chi connectivity index (χ1n) is 10.9. The summed E-state index contributed by atoms with van der Waals surface area (Å²) in [5, 5.41) is 9.99. The molecule has 1 unspecified atom stereocenters. The van der Waals surface area contributed by atoms with Gasteiger partial charge in [-0.2, -0.15) is 5.26 Å². The van der Waals surface area contributed by atoms with E-state index in [0.29, 0.717) is 41.3 Å². The van der Waals surface area contributed by atoms with Gasteiger partial charge in [-0.15, -0.1) is 11.6 Å². The lowest BCUT2D eigenvalue weighted by Crippen LogP contribution is -2.45. The molecule has 0 saturated heterocycles. The smallest absolute Gasteiger partial charge is 0.208 e. The lowest BCUT2D eigenvalue weighted by Gasteiger charge is -2.34. The molecular weight excluding hydrogens is 483 g/mol. The number of hydrogen-bond donors (Lipinski definition) is 1. The van der Waals surface area contributed by atoms with E-state index in [1.54, 1.807) is 0 Å². The molecule has 2 aliphatic rings. The molecule has 0 amide bonds. The quantitative estimate of drug-likeness (QED) is 0.499. The van der Waals surface area contributed by atoms with Gasteiger partial charge in [-0.25, -0.2) is 13.1 Å². The molecule has 0 aromatic heterocycles. The molecule has 1 atom stereocenters. The highest BCUT2D eigenvalue weighted by molar-refractivity contribution is 7.88. The fraction of sp³-hybridized carbons (Fsp3) is 0.458. The zero-order valence-corrected chi connectivity index (χ0v) is 20.6. The number of alkyl halides is 1. The van der Waals surface area contributed by atoms with Crippen molar-refractivity contribution in [2.24, 2.45) is 5.92 Å². The van der Waals surface area contributed by atoms with E-state index in [1.807, 2.05) is 18.2 Å². The van der Waals surface area contributed by atoms with Crippen LogP contribution in [0.15, 0.2) is 30.3 Å². The zero-order valence-electron chi connectivity index (χ0n) is 18.3. The molecule has 0 bridgehead atoms. The van der Waals surface area contributed by atoms with E-state index in [0.717, 1.165) is 37.0 Å². The Morgan fingerprint density at radius 3 is 2.70 bits per heavy atom. The summed E-state index contributed by atoms with van der Waals surface area (Å²) in [7, 11) is -3.15. The van der Waals surface area contributed by atoms with Crippen molar-refractivity contribution in [1.29, 1.82) is 5.26 Å². The van der Waals surface area contributed by atoms with Crippen molar-refractivity contribution >= 4 is 33.2 Å². The second-order valence-electron chi connectivity index (χ2n) is 8.72. The van der Waals surface area contributed by atoms with Crippen LogP contribution < -0.4 is 14.2 Å². The molecule has 0 aliphatic heterocycles. The first-order chi connectivity index (χ1) is 15.8. The molecule has 4 rings (SSSR count). The van der Waals surface area contributed by atoms with Crippen molar-refractivity contribution in [2.45, 2.75) is 37.6 Å². The Morgan fingerprint density at radius 1 is 1.21 bits per heavy atom. The fourth-order valence-corrected chi connectivity index (χ4v) is 5.86. The van der Waals surface area contributed by atoms with Gasteiger partial charge in [0.05, 0.1) is 29.3 Å². The molecule has 6 nitrogen and oxygen atoms in total. The van der Waals surface area contributed by atoms with Crippen LogP contribution in [0.25, 0.3) is 0 Å². The Kier molecular flexibility index (Phi) is 7.40. The van der Waals surface area contributed by atoms with E-state index in [-0.39, 0.29) is 12.0 Å². The van der Waals surface area contributed by atoms with E-state index >= 15 is 0 Å². The minimum Gasteiger partial charge on any atom is -0.493 e. The number of nitrogens with one attached hydrogen (secondary N) is 1. The molecule has 0 radical (unpaired) electrons. The predicted octanol–water partition coefficient (Wildman–Crippen LogP) is 4.61. The van der Waals surface area contributed by atoms with E-state index in [9.17, 15) is 13.7 Å². The Bertz CT molecular complexity index is 1170. The topological polar surface area (TPSA) is 88.4 Å². The number of rotatable bonds is 9. The molecule has 33 heavy (non-hydrogen) atoms. The third kappa shape index (κ3) is 5.75. The van der Waals surface area contributed by atoms with Crippen molar-refractivity contribution in [3.8, 4) is 17.6 Å². The Labute approximate surface area is 204 Å². The Morgan fingerprint density at radius 2 is 2.00 bits per heavy atom. The normalized spacial score (nSPS) is 21.7. The van der Waals surface area contributed by atoms with E-state index in [2.05, 4.69) is 22.9 Å². The molecule has 0 spiro atoms. The molecule has 1 saturated carbocycles. The Balaban J connectivity index is 1.41. The van der Waals surface area contributed by atoms with Gasteiger partial charge in [-0.3, -0.25) is 0 Å². The summed E-state index contributed by atoms with van der Waals surface area (Å²) >= 11 is 12.1. The standard InChI is InChI=1S/C24H26Cl2N2O4S/c1-33(29,30)28-19-8-15(9-19)14-32-20-3-5-21-16(11-20)2-4-22(21)17-10-18(13-27)24(23(26)12-17)31-7-6-25/h3,5,10-12,15,19,22,28H,2,4,6-9,14H2,1H3. The highest BCUT2D eigenvalue weighted by Crippen LogP contribution is 2.42. The van der Waals surface area contributed by atoms with Crippen LogP contribution in [0.2, 0.25) is 5.02 Å².